The van der Waals surface area contributed by atoms with Crippen molar-refractivity contribution in [2.45, 2.75) is 13.0 Å². The van der Waals surface area contributed by atoms with Crippen LogP contribution in [0.3, 0.4) is 0 Å². The van der Waals surface area contributed by atoms with Crippen LogP contribution < -0.4 is 5.73 Å². The molecule has 0 radical (unpaired) electrons. The molecular formula is C14H19N5O. The average molecular weight is 273 g/mol. The highest BCUT2D eigenvalue weighted by Crippen LogP contribution is 2.11. The summed E-state index contributed by atoms with van der Waals surface area (Å²) in [5.41, 5.74) is 6.86. The molecule has 3 N–H and O–H groups in total. The Morgan fingerprint density at radius 2 is 2.15 bits per heavy atom. The van der Waals surface area contributed by atoms with E-state index in [4.69, 9.17) is 5.73 Å². The van der Waals surface area contributed by atoms with Gasteiger partial charge in [0, 0.05) is 13.6 Å². The van der Waals surface area contributed by atoms with Gasteiger partial charge in [-0.15, -0.1) is 0 Å². The average Bonchev–Trinajstić information content (AvgIpc) is 2.98. The molecule has 1 aromatic carbocycles. The maximum absolute atomic E-state index is 12.4. The minimum absolute atomic E-state index is 0.0211. The molecule has 0 saturated carbocycles. The van der Waals surface area contributed by atoms with Gasteiger partial charge in [-0.1, -0.05) is 30.3 Å². The SMILES string of the molecule is CN(Cc1ncn[nH]1)C(=O)C(CN)Cc1ccccc1. The highest BCUT2D eigenvalue weighted by atomic mass is 16.2. The Hall–Kier alpha value is -2.21. The molecular weight excluding hydrogens is 254 g/mol. The van der Waals surface area contributed by atoms with E-state index in [1.165, 1.54) is 6.33 Å². The number of carbonyl (C=O) groups is 1. The second kappa shape index (κ2) is 6.81. The maximum atomic E-state index is 12.4. The van der Waals surface area contributed by atoms with Crippen LogP contribution in [0.5, 0.6) is 0 Å². The largest absolute Gasteiger partial charge is 0.338 e. The number of aromatic amines is 1. The lowest BCUT2D eigenvalue weighted by atomic mass is 9.98. The Bertz CT molecular complexity index is 526. The Morgan fingerprint density at radius 1 is 1.40 bits per heavy atom. The van der Waals surface area contributed by atoms with Crippen LogP contribution in [0.2, 0.25) is 0 Å². The topological polar surface area (TPSA) is 87.9 Å². The molecule has 1 aromatic heterocycles. The van der Waals surface area contributed by atoms with Crippen LogP contribution in [0.1, 0.15) is 11.4 Å². The Labute approximate surface area is 118 Å². The molecule has 106 valence electrons. The van der Waals surface area contributed by atoms with Crippen molar-refractivity contribution < 1.29 is 4.79 Å². The van der Waals surface area contributed by atoms with E-state index in [2.05, 4.69) is 15.2 Å². The van der Waals surface area contributed by atoms with Crippen LogP contribution in [-0.2, 0) is 17.8 Å². The first-order chi connectivity index (χ1) is 9.70. The third-order valence-electron chi connectivity index (χ3n) is 3.19. The summed E-state index contributed by atoms with van der Waals surface area (Å²) in [7, 11) is 1.75. The number of carbonyl (C=O) groups excluding carboxylic acids is 1. The second-order valence-electron chi connectivity index (χ2n) is 4.75. The summed E-state index contributed by atoms with van der Waals surface area (Å²) in [5, 5.41) is 6.51. The summed E-state index contributed by atoms with van der Waals surface area (Å²) in [6.07, 6.45) is 2.08. The molecule has 1 unspecified atom stereocenters. The van der Waals surface area contributed by atoms with Gasteiger partial charge in [-0.25, -0.2) is 4.98 Å². The van der Waals surface area contributed by atoms with Crippen LogP contribution in [0.25, 0.3) is 0 Å². The van der Waals surface area contributed by atoms with Crippen molar-refractivity contribution in [3.8, 4) is 0 Å². The molecule has 0 aliphatic carbocycles. The first-order valence-electron chi connectivity index (χ1n) is 6.54. The van der Waals surface area contributed by atoms with Crippen molar-refractivity contribution in [2.24, 2.45) is 11.7 Å². The number of nitrogens with two attached hydrogens (primary N) is 1. The van der Waals surface area contributed by atoms with Crippen molar-refractivity contribution in [2.75, 3.05) is 13.6 Å². The first kappa shape index (κ1) is 14.2. The number of hydrogen-bond donors (Lipinski definition) is 2. The van der Waals surface area contributed by atoms with Crippen LogP contribution >= 0.6 is 0 Å². The minimum Gasteiger partial charge on any atom is -0.338 e. The van der Waals surface area contributed by atoms with Gasteiger partial charge in [-0.2, -0.15) is 5.10 Å². The number of nitrogens with zero attached hydrogens (tertiary/aromatic N) is 3. The fourth-order valence-corrected chi connectivity index (χ4v) is 2.09. The zero-order valence-electron chi connectivity index (χ0n) is 11.5. The summed E-state index contributed by atoms with van der Waals surface area (Å²) in [6.45, 7) is 0.735. The van der Waals surface area contributed by atoms with Crippen molar-refractivity contribution in [1.82, 2.24) is 20.1 Å². The van der Waals surface area contributed by atoms with Crippen LogP contribution in [0, 0.1) is 5.92 Å². The smallest absolute Gasteiger partial charge is 0.227 e. The van der Waals surface area contributed by atoms with Gasteiger partial charge in [0.2, 0.25) is 5.91 Å². The monoisotopic (exact) mass is 273 g/mol. The molecule has 1 atom stereocenters. The number of aromatic nitrogens is 3. The molecule has 1 heterocycles. The molecule has 0 aliphatic rings. The molecule has 6 heteroatoms. The van der Waals surface area contributed by atoms with Gasteiger partial charge >= 0.3 is 0 Å². The Kier molecular flexibility index (Phi) is 4.84. The molecule has 0 fully saturated rings. The standard InChI is InChI=1S/C14H19N5O/c1-19(9-13-16-10-17-18-13)14(20)12(8-15)7-11-5-3-2-4-6-11/h2-6,10,12H,7-9,15H2,1H3,(H,16,17,18). The lowest BCUT2D eigenvalue weighted by Gasteiger charge is -2.22. The van der Waals surface area contributed by atoms with Gasteiger partial charge < -0.3 is 10.6 Å². The first-order valence-corrected chi connectivity index (χ1v) is 6.54. The van der Waals surface area contributed by atoms with Crippen molar-refractivity contribution in [3.05, 3.63) is 48.0 Å². The summed E-state index contributed by atoms with van der Waals surface area (Å²) < 4.78 is 0. The van der Waals surface area contributed by atoms with E-state index >= 15 is 0 Å². The van der Waals surface area contributed by atoms with Crippen LogP contribution in [0.4, 0.5) is 0 Å². The van der Waals surface area contributed by atoms with E-state index in [1.54, 1.807) is 11.9 Å². The number of nitrogens with one attached hydrogen (secondary N) is 1. The third kappa shape index (κ3) is 3.64. The maximum Gasteiger partial charge on any atom is 0.227 e. The van der Waals surface area contributed by atoms with E-state index in [9.17, 15) is 4.79 Å². The van der Waals surface area contributed by atoms with Gasteiger partial charge in [-0.05, 0) is 12.0 Å². The molecule has 0 bridgehead atoms. The Morgan fingerprint density at radius 3 is 2.75 bits per heavy atom. The number of amides is 1. The third-order valence-corrected chi connectivity index (χ3v) is 3.19. The Balaban J connectivity index is 1.97. The van der Waals surface area contributed by atoms with Crippen LogP contribution in [0.15, 0.2) is 36.7 Å². The highest BCUT2D eigenvalue weighted by Gasteiger charge is 2.21. The molecule has 0 saturated heterocycles. The fraction of sp³-hybridized carbons (Fsp3) is 0.357. The molecule has 2 rings (SSSR count). The molecule has 0 spiro atoms. The number of rotatable bonds is 6. The van der Waals surface area contributed by atoms with Gasteiger partial charge in [-0.3, -0.25) is 9.89 Å². The van der Waals surface area contributed by atoms with Crippen LogP contribution in [-0.4, -0.2) is 39.6 Å². The van der Waals surface area contributed by atoms with Crippen molar-refractivity contribution >= 4 is 5.91 Å². The van der Waals surface area contributed by atoms with E-state index in [-0.39, 0.29) is 11.8 Å². The second-order valence-corrected chi connectivity index (χ2v) is 4.75. The quantitative estimate of drug-likeness (QED) is 0.806. The minimum atomic E-state index is -0.217. The lowest BCUT2D eigenvalue weighted by Crippen LogP contribution is -2.37. The normalized spacial score (nSPS) is 12.1. The van der Waals surface area contributed by atoms with Gasteiger partial charge in [0.15, 0.2) is 0 Å². The fourth-order valence-electron chi connectivity index (χ4n) is 2.09. The van der Waals surface area contributed by atoms with Crippen molar-refractivity contribution in [1.29, 1.82) is 0 Å². The molecule has 6 nitrogen and oxygen atoms in total. The van der Waals surface area contributed by atoms with Gasteiger partial charge in [0.25, 0.3) is 0 Å². The molecule has 2 aromatic rings. The predicted molar refractivity (Wildman–Crippen MR) is 75.5 cm³/mol. The summed E-state index contributed by atoms with van der Waals surface area (Å²) in [4.78, 5) is 18.0. The summed E-state index contributed by atoms with van der Waals surface area (Å²) in [5.74, 6) is 0.467. The van der Waals surface area contributed by atoms with E-state index in [0.717, 1.165) is 5.56 Å². The van der Waals surface area contributed by atoms with E-state index in [0.29, 0.717) is 25.3 Å². The predicted octanol–water partition coefficient (Wildman–Crippen LogP) is 0.581. The molecule has 20 heavy (non-hydrogen) atoms. The number of hydrogen-bond acceptors (Lipinski definition) is 4. The molecule has 0 aliphatic heterocycles. The van der Waals surface area contributed by atoms with Gasteiger partial charge in [0.05, 0.1) is 12.5 Å². The summed E-state index contributed by atoms with van der Waals surface area (Å²) >= 11 is 0. The summed E-state index contributed by atoms with van der Waals surface area (Å²) in [6, 6.07) is 9.90. The number of benzene rings is 1. The number of H-pyrrole nitrogens is 1. The zero-order valence-corrected chi connectivity index (χ0v) is 11.5. The van der Waals surface area contributed by atoms with Gasteiger partial charge in [0.1, 0.15) is 12.2 Å². The van der Waals surface area contributed by atoms with E-state index in [1.807, 2.05) is 30.3 Å². The zero-order chi connectivity index (χ0) is 14.4. The van der Waals surface area contributed by atoms with Crippen molar-refractivity contribution in [3.63, 3.8) is 0 Å². The van der Waals surface area contributed by atoms with E-state index < -0.39 is 0 Å². The lowest BCUT2D eigenvalue weighted by molar-refractivity contribution is -0.134. The highest BCUT2D eigenvalue weighted by molar-refractivity contribution is 5.79. The molecule has 1 amide bonds.